The van der Waals surface area contributed by atoms with Crippen molar-refractivity contribution >= 4 is 11.6 Å². The van der Waals surface area contributed by atoms with Crippen molar-refractivity contribution in [3.8, 4) is 11.5 Å². The van der Waals surface area contributed by atoms with Crippen LogP contribution in [0.25, 0.3) is 0 Å². The van der Waals surface area contributed by atoms with Gasteiger partial charge in [0.1, 0.15) is 5.75 Å². The van der Waals surface area contributed by atoms with Crippen LogP contribution in [-0.2, 0) is 31.5 Å². The van der Waals surface area contributed by atoms with Crippen LogP contribution in [0.4, 0.5) is 5.69 Å². The zero-order valence-electron chi connectivity index (χ0n) is 14.1. The van der Waals surface area contributed by atoms with Gasteiger partial charge in [0.05, 0.1) is 12.4 Å². The minimum absolute atomic E-state index is 0.0399. The molecule has 0 bridgehead atoms. The highest BCUT2D eigenvalue weighted by Gasteiger charge is 2.15. The lowest BCUT2D eigenvalue weighted by Gasteiger charge is -2.17. The quantitative estimate of drug-likeness (QED) is 0.719. The number of anilines is 1. The minimum Gasteiger partial charge on any atom is -0.484 e. The molecule has 4 rings (SSSR count). The van der Waals surface area contributed by atoms with Crippen molar-refractivity contribution in [1.82, 2.24) is 19.9 Å². The van der Waals surface area contributed by atoms with Gasteiger partial charge >= 0.3 is 0 Å². The average molecular weight is 355 g/mol. The number of carbonyl (C=O) groups is 1. The van der Waals surface area contributed by atoms with E-state index in [1.54, 1.807) is 23.1 Å². The van der Waals surface area contributed by atoms with Crippen LogP contribution < -0.4 is 14.8 Å². The Morgan fingerprint density at radius 1 is 1.23 bits per heavy atom. The molecule has 0 saturated carbocycles. The van der Waals surface area contributed by atoms with Crippen LogP contribution >= 0.6 is 0 Å². The van der Waals surface area contributed by atoms with E-state index in [9.17, 15) is 4.79 Å². The van der Waals surface area contributed by atoms with Crippen LogP contribution in [0.3, 0.4) is 0 Å². The van der Waals surface area contributed by atoms with E-state index in [-0.39, 0.29) is 19.1 Å². The molecule has 3 heterocycles. The number of benzene rings is 1. The Kier molecular flexibility index (Phi) is 4.26. The highest BCUT2D eigenvalue weighted by molar-refractivity contribution is 5.93. The van der Waals surface area contributed by atoms with Crippen LogP contribution in [-0.4, -0.2) is 25.8 Å². The first-order valence-electron chi connectivity index (χ1n) is 8.14. The molecule has 0 fully saturated rings. The van der Waals surface area contributed by atoms with E-state index in [0.717, 1.165) is 11.3 Å². The summed E-state index contributed by atoms with van der Waals surface area (Å²) in [4.78, 5) is 15.6. The Hall–Kier alpha value is -3.36. The van der Waals surface area contributed by atoms with Crippen molar-refractivity contribution in [2.24, 2.45) is 7.05 Å². The molecule has 1 N–H and O–H groups in total. The van der Waals surface area contributed by atoms with E-state index in [4.69, 9.17) is 14.0 Å². The molecular weight excluding hydrogens is 338 g/mol. The summed E-state index contributed by atoms with van der Waals surface area (Å²) in [7, 11) is 1.81. The molecule has 2 aromatic heterocycles. The lowest BCUT2D eigenvalue weighted by molar-refractivity contribution is -0.116. The predicted octanol–water partition coefficient (Wildman–Crippen LogP) is 1.85. The maximum atomic E-state index is 11.4. The second kappa shape index (κ2) is 6.87. The van der Waals surface area contributed by atoms with E-state index in [0.29, 0.717) is 36.1 Å². The number of nitrogens with zero attached hydrogens (tertiary/aromatic N) is 4. The third kappa shape index (κ3) is 3.66. The smallest absolute Gasteiger partial charge is 0.264 e. The van der Waals surface area contributed by atoms with Gasteiger partial charge in [-0.15, -0.1) is 0 Å². The molecule has 0 saturated heterocycles. The predicted molar refractivity (Wildman–Crippen MR) is 89.6 cm³/mol. The molecule has 0 spiro atoms. The maximum absolute atomic E-state index is 11.4. The Bertz CT molecular complexity index is 933. The average Bonchev–Trinajstić information content (AvgIpc) is 3.27. The minimum atomic E-state index is 0.0399. The fourth-order valence-electron chi connectivity index (χ4n) is 2.62. The first-order chi connectivity index (χ1) is 12.7. The van der Waals surface area contributed by atoms with Crippen LogP contribution in [0.1, 0.15) is 23.7 Å². The number of hydrogen-bond donors (Lipinski definition) is 1. The van der Waals surface area contributed by atoms with Gasteiger partial charge in [-0.05, 0) is 30.2 Å². The van der Waals surface area contributed by atoms with Crippen molar-refractivity contribution in [3.05, 3.63) is 47.9 Å². The second-order valence-electron chi connectivity index (χ2n) is 5.90. The summed E-state index contributed by atoms with van der Waals surface area (Å²) in [6.45, 7) is 0.346. The molecule has 0 aliphatic carbocycles. The van der Waals surface area contributed by atoms with Gasteiger partial charge in [0.15, 0.2) is 19.0 Å². The van der Waals surface area contributed by atoms with E-state index in [2.05, 4.69) is 20.6 Å². The summed E-state index contributed by atoms with van der Waals surface area (Å²) in [5, 5.41) is 10.7. The van der Waals surface area contributed by atoms with Gasteiger partial charge in [-0.25, -0.2) is 0 Å². The lowest BCUT2D eigenvalue weighted by Crippen LogP contribution is -2.18. The zero-order chi connectivity index (χ0) is 17.9. The molecule has 1 aromatic carbocycles. The van der Waals surface area contributed by atoms with Gasteiger partial charge < -0.3 is 19.3 Å². The number of fused-ring (bicyclic) bond motifs is 1. The number of ether oxygens (including phenoxy) is 2. The zero-order valence-corrected chi connectivity index (χ0v) is 14.1. The normalized spacial score (nSPS) is 13.2. The van der Waals surface area contributed by atoms with Crippen LogP contribution in [0.2, 0.25) is 0 Å². The monoisotopic (exact) mass is 355 g/mol. The fraction of sp³-hybridized carbons (Fsp3) is 0.294. The molecule has 3 aromatic rings. The molecule has 1 aliphatic rings. The van der Waals surface area contributed by atoms with E-state index in [1.165, 1.54) is 0 Å². The largest absolute Gasteiger partial charge is 0.484 e. The molecule has 26 heavy (non-hydrogen) atoms. The first kappa shape index (κ1) is 16.1. The first-order valence-corrected chi connectivity index (χ1v) is 8.14. The van der Waals surface area contributed by atoms with Crippen LogP contribution in [0.15, 0.2) is 35.1 Å². The molecule has 134 valence electrons. The Balaban J connectivity index is 1.32. The summed E-state index contributed by atoms with van der Waals surface area (Å²) in [6.07, 6.45) is 4.56. The SMILES string of the molecule is Cn1cc(OCc2noc(COc3ccc4c(c3)CCC(=O)N4)n2)cn1. The van der Waals surface area contributed by atoms with Crippen molar-refractivity contribution in [1.29, 1.82) is 0 Å². The molecular formula is C17H17N5O4. The highest BCUT2D eigenvalue weighted by atomic mass is 16.5. The topological polar surface area (TPSA) is 104 Å². The number of aryl methyl sites for hydroxylation is 2. The van der Waals surface area contributed by atoms with E-state index in [1.807, 2.05) is 19.2 Å². The summed E-state index contributed by atoms with van der Waals surface area (Å²) in [5.41, 5.74) is 1.89. The number of carbonyl (C=O) groups excluding carboxylic acids is 1. The third-order valence-electron chi connectivity index (χ3n) is 3.89. The molecule has 0 atom stereocenters. The van der Waals surface area contributed by atoms with E-state index < -0.39 is 0 Å². The maximum Gasteiger partial charge on any atom is 0.264 e. The third-order valence-corrected chi connectivity index (χ3v) is 3.89. The molecule has 9 nitrogen and oxygen atoms in total. The van der Waals surface area contributed by atoms with Crippen molar-refractivity contribution in [2.75, 3.05) is 5.32 Å². The number of amides is 1. The van der Waals surface area contributed by atoms with Crippen molar-refractivity contribution in [2.45, 2.75) is 26.1 Å². The van der Waals surface area contributed by atoms with Crippen LogP contribution in [0, 0.1) is 0 Å². The number of nitrogens with one attached hydrogen (secondary N) is 1. The molecule has 0 unspecified atom stereocenters. The van der Waals surface area contributed by atoms with Gasteiger partial charge in [-0.2, -0.15) is 10.1 Å². The van der Waals surface area contributed by atoms with Gasteiger partial charge in [-0.3, -0.25) is 9.48 Å². The second-order valence-corrected chi connectivity index (χ2v) is 5.90. The Morgan fingerprint density at radius 3 is 2.96 bits per heavy atom. The molecule has 0 radical (unpaired) electrons. The van der Waals surface area contributed by atoms with Gasteiger partial charge in [0.25, 0.3) is 5.89 Å². The highest BCUT2D eigenvalue weighted by Crippen LogP contribution is 2.27. The van der Waals surface area contributed by atoms with Gasteiger partial charge in [0.2, 0.25) is 11.7 Å². The Morgan fingerprint density at radius 2 is 2.12 bits per heavy atom. The summed E-state index contributed by atoms with van der Waals surface area (Å²) in [5.74, 6) is 2.15. The van der Waals surface area contributed by atoms with E-state index >= 15 is 0 Å². The molecule has 9 heteroatoms. The lowest BCUT2D eigenvalue weighted by atomic mass is 10.0. The number of hydrogen-bond acceptors (Lipinski definition) is 7. The van der Waals surface area contributed by atoms with Crippen molar-refractivity contribution in [3.63, 3.8) is 0 Å². The summed E-state index contributed by atoms with van der Waals surface area (Å²) >= 11 is 0. The van der Waals surface area contributed by atoms with Gasteiger partial charge in [0, 0.05) is 19.2 Å². The van der Waals surface area contributed by atoms with Gasteiger partial charge in [-0.1, -0.05) is 5.16 Å². The molecule has 1 aliphatic heterocycles. The number of rotatable bonds is 6. The van der Waals surface area contributed by atoms with Crippen LogP contribution in [0.5, 0.6) is 11.5 Å². The fourth-order valence-corrected chi connectivity index (χ4v) is 2.62. The summed E-state index contributed by atoms with van der Waals surface area (Å²) < 4.78 is 18.0. The standard InChI is InChI=1S/C17H17N5O4/c1-22-8-13(7-18-22)24-9-15-20-17(26-21-15)10-25-12-3-4-14-11(6-12)2-5-16(23)19-14/h3-4,6-8H,2,5,9-10H2,1H3,(H,19,23). The summed E-state index contributed by atoms with van der Waals surface area (Å²) in [6, 6.07) is 5.55. The number of aromatic nitrogens is 4. The Labute approximate surface area is 148 Å². The molecule has 1 amide bonds. The van der Waals surface area contributed by atoms with Crippen molar-refractivity contribution < 1.29 is 18.8 Å².